The summed E-state index contributed by atoms with van der Waals surface area (Å²) in [4.78, 5) is 0.386. The predicted octanol–water partition coefficient (Wildman–Crippen LogP) is 2.07. The minimum absolute atomic E-state index is 0.386. The summed E-state index contributed by atoms with van der Waals surface area (Å²) in [6.07, 6.45) is 1.09. The van der Waals surface area contributed by atoms with Crippen LogP contribution in [0, 0.1) is 5.92 Å². The van der Waals surface area contributed by atoms with Crippen molar-refractivity contribution in [3.63, 3.8) is 0 Å². The molecule has 0 aliphatic carbocycles. The lowest BCUT2D eigenvalue weighted by Gasteiger charge is -2.15. The third-order valence-corrected chi connectivity index (χ3v) is 4.86. The SMILES string of the molecule is CC(C)CCNCc1ccccc1S(=O)(=O)N(C)C. The zero-order valence-corrected chi connectivity index (χ0v) is 13.0. The molecule has 1 N–H and O–H groups in total. The average Bonchev–Trinajstić information content (AvgIpc) is 2.34. The Morgan fingerprint density at radius 1 is 1.21 bits per heavy atom. The Bertz CT molecular complexity index is 496. The molecule has 0 heterocycles. The maximum Gasteiger partial charge on any atom is 0.242 e. The second-order valence-corrected chi connectivity index (χ2v) is 7.37. The van der Waals surface area contributed by atoms with E-state index in [0.29, 0.717) is 17.4 Å². The van der Waals surface area contributed by atoms with Crippen molar-refractivity contribution >= 4 is 10.0 Å². The maximum atomic E-state index is 12.2. The predicted molar refractivity (Wildman–Crippen MR) is 78.5 cm³/mol. The lowest BCUT2D eigenvalue weighted by Crippen LogP contribution is -2.25. The fourth-order valence-corrected chi connectivity index (χ4v) is 2.83. The summed E-state index contributed by atoms with van der Waals surface area (Å²) in [7, 11) is -0.260. The molecule has 0 bridgehead atoms. The minimum atomic E-state index is -3.37. The largest absolute Gasteiger partial charge is 0.313 e. The van der Waals surface area contributed by atoms with Crippen LogP contribution in [0.3, 0.4) is 0 Å². The molecule has 0 fully saturated rings. The van der Waals surface area contributed by atoms with Crippen molar-refractivity contribution in [3.05, 3.63) is 29.8 Å². The molecule has 1 aromatic carbocycles. The van der Waals surface area contributed by atoms with E-state index in [1.807, 2.05) is 12.1 Å². The van der Waals surface area contributed by atoms with Gasteiger partial charge in [-0.1, -0.05) is 32.0 Å². The van der Waals surface area contributed by atoms with Crippen molar-refractivity contribution in [2.45, 2.75) is 31.7 Å². The molecule has 19 heavy (non-hydrogen) atoms. The van der Waals surface area contributed by atoms with Gasteiger partial charge >= 0.3 is 0 Å². The van der Waals surface area contributed by atoms with Crippen molar-refractivity contribution in [3.8, 4) is 0 Å². The highest BCUT2D eigenvalue weighted by Crippen LogP contribution is 2.18. The van der Waals surface area contributed by atoms with Crippen LogP contribution in [0.25, 0.3) is 0 Å². The molecule has 0 saturated heterocycles. The van der Waals surface area contributed by atoms with Crippen LogP contribution in [0.1, 0.15) is 25.8 Å². The number of nitrogens with one attached hydrogen (secondary N) is 1. The van der Waals surface area contributed by atoms with E-state index < -0.39 is 10.0 Å². The van der Waals surface area contributed by atoms with Crippen molar-refractivity contribution in [1.29, 1.82) is 0 Å². The summed E-state index contributed by atoms with van der Waals surface area (Å²) in [5, 5.41) is 3.30. The van der Waals surface area contributed by atoms with Crippen LogP contribution in [0.15, 0.2) is 29.2 Å². The summed E-state index contributed by atoms with van der Waals surface area (Å²) in [6, 6.07) is 7.15. The number of rotatable bonds is 7. The molecule has 0 aliphatic heterocycles. The molecule has 0 saturated carbocycles. The van der Waals surface area contributed by atoms with Crippen LogP contribution < -0.4 is 5.32 Å². The topological polar surface area (TPSA) is 49.4 Å². The van der Waals surface area contributed by atoms with Crippen LogP contribution >= 0.6 is 0 Å². The molecule has 0 amide bonds. The lowest BCUT2D eigenvalue weighted by molar-refractivity contribution is 0.515. The van der Waals surface area contributed by atoms with E-state index in [4.69, 9.17) is 0 Å². The molecule has 1 rings (SSSR count). The van der Waals surface area contributed by atoms with Gasteiger partial charge in [-0.3, -0.25) is 0 Å². The Kier molecular flexibility index (Phi) is 5.97. The lowest BCUT2D eigenvalue weighted by atomic mass is 10.1. The molecule has 1 aromatic rings. The zero-order valence-electron chi connectivity index (χ0n) is 12.2. The fourth-order valence-electron chi connectivity index (χ4n) is 1.71. The maximum absolute atomic E-state index is 12.2. The molecule has 0 atom stereocenters. The van der Waals surface area contributed by atoms with Gasteiger partial charge in [-0.25, -0.2) is 12.7 Å². The number of hydrogen-bond acceptors (Lipinski definition) is 3. The first kappa shape index (κ1) is 16.1. The number of nitrogens with zero attached hydrogens (tertiary/aromatic N) is 1. The summed E-state index contributed by atoms with van der Waals surface area (Å²) < 4.78 is 25.6. The van der Waals surface area contributed by atoms with Gasteiger partial charge in [0.05, 0.1) is 4.90 Å². The molecule has 0 aromatic heterocycles. The Morgan fingerprint density at radius 3 is 2.42 bits per heavy atom. The highest BCUT2D eigenvalue weighted by Gasteiger charge is 2.20. The molecule has 108 valence electrons. The standard InChI is InChI=1S/C14H24N2O2S/c1-12(2)9-10-15-11-13-7-5-6-8-14(13)19(17,18)16(3)4/h5-8,12,15H,9-11H2,1-4H3. The van der Waals surface area contributed by atoms with E-state index in [0.717, 1.165) is 18.5 Å². The molecule has 4 nitrogen and oxygen atoms in total. The van der Waals surface area contributed by atoms with Gasteiger partial charge in [-0.05, 0) is 30.5 Å². The monoisotopic (exact) mass is 284 g/mol. The van der Waals surface area contributed by atoms with Crippen LogP contribution in [0.2, 0.25) is 0 Å². The van der Waals surface area contributed by atoms with Crippen LogP contribution in [0.4, 0.5) is 0 Å². The summed E-state index contributed by atoms with van der Waals surface area (Å²) in [5.74, 6) is 0.647. The summed E-state index contributed by atoms with van der Waals surface area (Å²) in [5.41, 5.74) is 0.819. The minimum Gasteiger partial charge on any atom is -0.313 e. The van der Waals surface area contributed by atoms with E-state index in [-0.39, 0.29) is 0 Å². The van der Waals surface area contributed by atoms with Crippen LogP contribution in [-0.4, -0.2) is 33.4 Å². The first-order chi connectivity index (χ1) is 8.85. The quantitative estimate of drug-likeness (QED) is 0.780. The Balaban J connectivity index is 2.80. The van der Waals surface area contributed by atoms with Crippen molar-refractivity contribution in [2.75, 3.05) is 20.6 Å². The molecule has 5 heteroatoms. The van der Waals surface area contributed by atoms with Gasteiger partial charge in [0.25, 0.3) is 0 Å². The van der Waals surface area contributed by atoms with Gasteiger partial charge in [-0.2, -0.15) is 0 Å². The smallest absolute Gasteiger partial charge is 0.242 e. The van der Waals surface area contributed by atoms with Crippen molar-refractivity contribution in [2.24, 2.45) is 5.92 Å². The van der Waals surface area contributed by atoms with Crippen LogP contribution in [0.5, 0.6) is 0 Å². The van der Waals surface area contributed by atoms with Gasteiger partial charge in [-0.15, -0.1) is 0 Å². The van der Waals surface area contributed by atoms with E-state index in [9.17, 15) is 8.42 Å². The molecular formula is C14H24N2O2S. The Labute approximate surface area is 116 Å². The zero-order chi connectivity index (χ0) is 14.5. The van der Waals surface area contributed by atoms with E-state index in [1.165, 1.54) is 4.31 Å². The highest BCUT2D eigenvalue weighted by atomic mass is 32.2. The van der Waals surface area contributed by atoms with Gasteiger partial charge in [0.1, 0.15) is 0 Å². The molecule has 0 aliphatic rings. The number of benzene rings is 1. The van der Waals surface area contributed by atoms with Gasteiger partial charge < -0.3 is 5.32 Å². The summed E-state index contributed by atoms with van der Waals surface area (Å²) in [6.45, 7) is 5.82. The van der Waals surface area contributed by atoms with Gasteiger partial charge in [0.15, 0.2) is 0 Å². The van der Waals surface area contributed by atoms with Crippen molar-refractivity contribution < 1.29 is 8.42 Å². The Morgan fingerprint density at radius 2 is 1.84 bits per heavy atom. The second-order valence-electron chi connectivity index (χ2n) is 5.25. The highest BCUT2D eigenvalue weighted by molar-refractivity contribution is 7.89. The van der Waals surface area contributed by atoms with E-state index >= 15 is 0 Å². The van der Waals surface area contributed by atoms with Crippen LogP contribution in [-0.2, 0) is 16.6 Å². The first-order valence-corrected chi connectivity index (χ1v) is 8.01. The molecular weight excluding hydrogens is 260 g/mol. The number of hydrogen-bond donors (Lipinski definition) is 1. The summed E-state index contributed by atoms with van der Waals surface area (Å²) >= 11 is 0. The normalized spacial score (nSPS) is 12.3. The van der Waals surface area contributed by atoms with Crippen molar-refractivity contribution in [1.82, 2.24) is 9.62 Å². The van der Waals surface area contributed by atoms with E-state index in [1.54, 1.807) is 26.2 Å². The molecule has 0 radical (unpaired) electrons. The molecule has 0 spiro atoms. The third-order valence-electron chi connectivity index (χ3n) is 2.95. The second kappa shape index (κ2) is 7.03. The fraction of sp³-hybridized carbons (Fsp3) is 0.571. The Hall–Kier alpha value is -0.910. The number of sulfonamides is 1. The van der Waals surface area contributed by atoms with Gasteiger partial charge in [0, 0.05) is 20.6 Å². The molecule has 0 unspecified atom stereocenters. The van der Waals surface area contributed by atoms with Gasteiger partial charge in [0.2, 0.25) is 10.0 Å². The van der Waals surface area contributed by atoms with E-state index in [2.05, 4.69) is 19.2 Å². The third kappa shape index (κ3) is 4.60. The first-order valence-electron chi connectivity index (χ1n) is 6.57. The average molecular weight is 284 g/mol.